The molecule has 0 spiro atoms. The Morgan fingerprint density at radius 2 is 1.91 bits per heavy atom. The summed E-state index contributed by atoms with van der Waals surface area (Å²) in [6, 6.07) is 14.2. The first-order valence-corrected chi connectivity index (χ1v) is 7.21. The van der Waals surface area contributed by atoms with E-state index in [2.05, 4.69) is 10.3 Å². The van der Waals surface area contributed by atoms with Crippen molar-refractivity contribution >= 4 is 23.2 Å². The molecule has 0 saturated heterocycles. The first-order valence-electron chi connectivity index (χ1n) is 6.83. The summed E-state index contributed by atoms with van der Waals surface area (Å²) in [6.45, 7) is 0. The summed E-state index contributed by atoms with van der Waals surface area (Å²) < 4.78 is 10.6. The van der Waals surface area contributed by atoms with Gasteiger partial charge in [0.05, 0.1) is 24.0 Å². The van der Waals surface area contributed by atoms with Gasteiger partial charge in [0.25, 0.3) is 5.89 Å². The van der Waals surface area contributed by atoms with Crippen molar-refractivity contribution in [2.75, 3.05) is 12.4 Å². The predicted octanol–water partition coefficient (Wildman–Crippen LogP) is 4.26. The number of anilines is 1. The van der Waals surface area contributed by atoms with Gasteiger partial charge in [-0.2, -0.15) is 0 Å². The van der Waals surface area contributed by atoms with Gasteiger partial charge in [-0.05, 0) is 36.4 Å². The number of ether oxygens (including phenoxy) is 1. The van der Waals surface area contributed by atoms with Gasteiger partial charge in [-0.25, -0.2) is 4.98 Å². The number of oxazole rings is 1. The standard InChI is InChI=1S/C17H13ClN2O3/c1-22-12-8-6-11(7-9-12)15-10-19-17(23-15)16(21)20-14-5-3-2-4-13(14)18/h2-10H,1H3,(H,20,21). The maximum Gasteiger partial charge on any atom is 0.311 e. The van der Waals surface area contributed by atoms with Crippen molar-refractivity contribution in [3.8, 4) is 17.1 Å². The topological polar surface area (TPSA) is 64.4 Å². The summed E-state index contributed by atoms with van der Waals surface area (Å²) in [4.78, 5) is 16.2. The SMILES string of the molecule is COc1ccc(-c2cnc(C(=O)Nc3ccccc3Cl)o2)cc1. The number of hydrogen-bond acceptors (Lipinski definition) is 4. The van der Waals surface area contributed by atoms with Crippen LogP contribution in [0.15, 0.2) is 59.1 Å². The molecule has 0 bridgehead atoms. The first kappa shape index (κ1) is 15.1. The molecule has 1 aromatic heterocycles. The molecule has 1 heterocycles. The Kier molecular flexibility index (Phi) is 4.30. The van der Waals surface area contributed by atoms with Crippen LogP contribution in [0.5, 0.6) is 5.75 Å². The molecule has 0 unspecified atom stereocenters. The summed E-state index contributed by atoms with van der Waals surface area (Å²) in [5.41, 5.74) is 1.30. The van der Waals surface area contributed by atoms with E-state index in [1.54, 1.807) is 43.5 Å². The van der Waals surface area contributed by atoms with Gasteiger partial charge < -0.3 is 14.5 Å². The van der Waals surface area contributed by atoms with Crippen LogP contribution in [-0.2, 0) is 0 Å². The molecule has 2 aromatic carbocycles. The number of carbonyl (C=O) groups excluding carboxylic acids is 1. The van der Waals surface area contributed by atoms with Crippen molar-refractivity contribution in [2.24, 2.45) is 0 Å². The highest BCUT2D eigenvalue weighted by Gasteiger charge is 2.15. The van der Waals surface area contributed by atoms with E-state index in [1.165, 1.54) is 6.20 Å². The molecule has 3 aromatic rings. The van der Waals surface area contributed by atoms with E-state index in [4.69, 9.17) is 20.8 Å². The minimum Gasteiger partial charge on any atom is -0.497 e. The summed E-state index contributed by atoms with van der Waals surface area (Å²) in [6.07, 6.45) is 1.50. The second kappa shape index (κ2) is 6.54. The Balaban J connectivity index is 1.78. The van der Waals surface area contributed by atoms with Crippen LogP contribution in [0.1, 0.15) is 10.7 Å². The van der Waals surface area contributed by atoms with Crippen molar-refractivity contribution < 1.29 is 13.9 Å². The van der Waals surface area contributed by atoms with Crippen LogP contribution >= 0.6 is 11.6 Å². The first-order chi connectivity index (χ1) is 11.2. The van der Waals surface area contributed by atoms with Crippen molar-refractivity contribution in [2.45, 2.75) is 0 Å². The highest BCUT2D eigenvalue weighted by atomic mass is 35.5. The maximum atomic E-state index is 12.2. The number of nitrogens with one attached hydrogen (secondary N) is 1. The Labute approximate surface area is 137 Å². The fourth-order valence-electron chi connectivity index (χ4n) is 2.01. The Morgan fingerprint density at radius 3 is 2.61 bits per heavy atom. The van der Waals surface area contributed by atoms with Crippen LogP contribution in [0.3, 0.4) is 0 Å². The third kappa shape index (κ3) is 3.35. The molecule has 0 fully saturated rings. The molecule has 0 aliphatic rings. The second-order valence-electron chi connectivity index (χ2n) is 4.69. The van der Waals surface area contributed by atoms with Crippen molar-refractivity contribution in [1.29, 1.82) is 0 Å². The van der Waals surface area contributed by atoms with Gasteiger partial charge in [-0.1, -0.05) is 23.7 Å². The number of methoxy groups -OCH3 is 1. The molecule has 1 amide bonds. The minimum atomic E-state index is -0.460. The lowest BCUT2D eigenvalue weighted by Crippen LogP contribution is -2.12. The largest absolute Gasteiger partial charge is 0.497 e. The third-order valence-corrected chi connectivity index (χ3v) is 3.53. The fourth-order valence-corrected chi connectivity index (χ4v) is 2.19. The van der Waals surface area contributed by atoms with Crippen LogP contribution in [-0.4, -0.2) is 18.0 Å². The number of nitrogens with zero attached hydrogens (tertiary/aromatic N) is 1. The summed E-state index contributed by atoms with van der Waals surface area (Å²) >= 11 is 6.01. The monoisotopic (exact) mass is 328 g/mol. The van der Waals surface area contributed by atoms with E-state index in [9.17, 15) is 4.79 Å². The molecule has 0 saturated carbocycles. The van der Waals surface area contributed by atoms with E-state index in [0.717, 1.165) is 11.3 Å². The van der Waals surface area contributed by atoms with Gasteiger partial charge in [0, 0.05) is 5.56 Å². The van der Waals surface area contributed by atoms with E-state index in [1.807, 2.05) is 12.1 Å². The van der Waals surface area contributed by atoms with Gasteiger partial charge in [-0.15, -0.1) is 0 Å². The number of rotatable bonds is 4. The van der Waals surface area contributed by atoms with E-state index in [-0.39, 0.29) is 5.89 Å². The fraction of sp³-hybridized carbons (Fsp3) is 0.0588. The zero-order valence-corrected chi connectivity index (χ0v) is 13.0. The van der Waals surface area contributed by atoms with Gasteiger partial charge in [0.2, 0.25) is 0 Å². The van der Waals surface area contributed by atoms with Crippen LogP contribution in [0, 0.1) is 0 Å². The van der Waals surface area contributed by atoms with E-state index < -0.39 is 5.91 Å². The number of aromatic nitrogens is 1. The van der Waals surface area contributed by atoms with Crippen LogP contribution in [0.4, 0.5) is 5.69 Å². The summed E-state index contributed by atoms with van der Waals surface area (Å²) in [5.74, 6) is 0.746. The number of carbonyl (C=O) groups is 1. The zero-order valence-electron chi connectivity index (χ0n) is 12.2. The summed E-state index contributed by atoms with van der Waals surface area (Å²) in [5, 5.41) is 3.11. The van der Waals surface area contributed by atoms with Gasteiger partial charge in [0.15, 0.2) is 5.76 Å². The maximum absolute atomic E-state index is 12.2. The van der Waals surface area contributed by atoms with Gasteiger partial charge >= 0.3 is 5.91 Å². The smallest absolute Gasteiger partial charge is 0.311 e. The zero-order chi connectivity index (χ0) is 16.2. The molecule has 0 atom stereocenters. The van der Waals surface area contributed by atoms with Crippen LogP contribution in [0.25, 0.3) is 11.3 Å². The molecule has 3 rings (SSSR count). The summed E-state index contributed by atoms with van der Waals surface area (Å²) in [7, 11) is 1.60. The molecule has 1 N–H and O–H groups in total. The quantitative estimate of drug-likeness (QED) is 0.777. The Bertz CT molecular complexity index is 828. The lowest BCUT2D eigenvalue weighted by molar-refractivity contribution is 0.0991. The predicted molar refractivity (Wildman–Crippen MR) is 87.9 cm³/mol. The van der Waals surface area contributed by atoms with Crippen LogP contribution < -0.4 is 10.1 Å². The molecular formula is C17H13ClN2O3. The average Bonchev–Trinajstić information content (AvgIpc) is 3.07. The highest BCUT2D eigenvalue weighted by Crippen LogP contribution is 2.24. The third-order valence-electron chi connectivity index (χ3n) is 3.20. The van der Waals surface area contributed by atoms with E-state index in [0.29, 0.717) is 16.5 Å². The highest BCUT2D eigenvalue weighted by molar-refractivity contribution is 6.33. The molecule has 6 heteroatoms. The van der Waals surface area contributed by atoms with E-state index >= 15 is 0 Å². The van der Waals surface area contributed by atoms with Crippen molar-refractivity contribution in [3.63, 3.8) is 0 Å². The lowest BCUT2D eigenvalue weighted by Gasteiger charge is -2.04. The number of para-hydroxylation sites is 1. The Hall–Kier alpha value is -2.79. The second-order valence-corrected chi connectivity index (χ2v) is 5.10. The molecule has 23 heavy (non-hydrogen) atoms. The molecule has 0 aliphatic carbocycles. The van der Waals surface area contributed by atoms with Gasteiger partial charge in [0.1, 0.15) is 5.75 Å². The van der Waals surface area contributed by atoms with Gasteiger partial charge in [-0.3, -0.25) is 4.79 Å². The molecule has 116 valence electrons. The lowest BCUT2D eigenvalue weighted by atomic mass is 10.2. The molecule has 0 radical (unpaired) electrons. The van der Waals surface area contributed by atoms with Crippen molar-refractivity contribution in [1.82, 2.24) is 4.98 Å². The minimum absolute atomic E-state index is 0.0317. The average molecular weight is 329 g/mol. The number of amides is 1. The van der Waals surface area contributed by atoms with Crippen LogP contribution in [0.2, 0.25) is 5.02 Å². The number of benzene rings is 2. The number of halogens is 1. The molecular weight excluding hydrogens is 316 g/mol. The normalized spacial score (nSPS) is 10.3. The van der Waals surface area contributed by atoms with Crippen molar-refractivity contribution in [3.05, 3.63) is 65.6 Å². The Morgan fingerprint density at radius 1 is 1.17 bits per heavy atom. The number of hydrogen-bond donors (Lipinski definition) is 1. The molecule has 5 nitrogen and oxygen atoms in total. The molecule has 0 aliphatic heterocycles.